The number of hydrogen-bond acceptors (Lipinski definition) is 4. The van der Waals surface area contributed by atoms with E-state index in [2.05, 4.69) is 10.3 Å². The van der Waals surface area contributed by atoms with Gasteiger partial charge in [-0.2, -0.15) is 0 Å². The molecule has 2 N–H and O–H groups in total. The number of sulfonamides is 1. The van der Waals surface area contributed by atoms with Crippen LogP contribution < -0.4 is 10.9 Å². The molecule has 134 valence electrons. The Morgan fingerprint density at radius 2 is 1.96 bits per heavy atom. The number of halogens is 1. The van der Waals surface area contributed by atoms with Crippen LogP contribution in [0.1, 0.15) is 23.2 Å². The van der Waals surface area contributed by atoms with Gasteiger partial charge in [0.15, 0.2) is 0 Å². The summed E-state index contributed by atoms with van der Waals surface area (Å²) in [6.07, 6.45) is 1.70. The van der Waals surface area contributed by atoms with Gasteiger partial charge in [-0.15, -0.1) is 0 Å². The predicted molar refractivity (Wildman–Crippen MR) is 91.5 cm³/mol. The molecule has 1 amide bonds. The number of nitrogens with zero attached hydrogens (tertiary/aromatic N) is 1. The molecule has 1 aliphatic heterocycles. The molecule has 0 spiro atoms. The Morgan fingerprint density at radius 1 is 1.24 bits per heavy atom. The third-order valence-corrected chi connectivity index (χ3v) is 6.03. The summed E-state index contributed by atoms with van der Waals surface area (Å²) in [6, 6.07) is 4.83. The molecule has 0 radical (unpaired) electrons. The topological polar surface area (TPSA) is 99.3 Å². The number of pyridine rings is 1. The minimum atomic E-state index is -3.39. The molecule has 1 aromatic heterocycles. The van der Waals surface area contributed by atoms with E-state index in [4.69, 9.17) is 0 Å². The van der Waals surface area contributed by atoms with Crippen LogP contribution in [0.4, 0.5) is 4.39 Å². The van der Waals surface area contributed by atoms with Crippen LogP contribution in [0, 0.1) is 5.82 Å². The monoisotopic (exact) mass is 367 g/mol. The lowest BCUT2D eigenvalue weighted by Gasteiger charge is -2.15. The molecule has 0 bridgehead atoms. The molecule has 0 unspecified atom stereocenters. The van der Waals surface area contributed by atoms with Crippen molar-refractivity contribution >= 4 is 26.8 Å². The molecule has 0 saturated carbocycles. The summed E-state index contributed by atoms with van der Waals surface area (Å²) in [7, 11) is -3.39. The van der Waals surface area contributed by atoms with Crippen molar-refractivity contribution in [3.05, 3.63) is 46.0 Å². The maximum atomic E-state index is 13.3. The lowest BCUT2D eigenvalue weighted by Crippen LogP contribution is -2.36. The fourth-order valence-corrected chi connectivity index (χ4v) is 4.34. The smallest absolute Gasteiger partial charge is 0.252 e. The van der Waals surface area contributed by atoms with Crippen molar-refractivity contribution in [3.8, 4) is 0 Å². The molecule has 0 atom stereocenters. The summed E-state index contributed by atoms with van der Waals surface area (Å²) >= 11 is 0. The normalized spacial score (nSPS) is 15.6. The maximum Gasteiger partial charge on any atom is 0.252 e. The van der Waals surface area contributed by atoms with E-state index >= 15 is 0 Å². The molecular weight excluding hydrogens is 349 g/mol. The summed E-state index contributed by atoms with van der Waals surface area (Å²) in [6.45, 7) is 0.967. The first kappa shape index (κ1) is 17.6. The zero-order valence-electron chi connectivity index (χ0n) is 13.4. The van der Waals surface area contributed by atoms with Gasteiger partial charge < -0.3 is 10.3 Å². The molecule has 1 fully saturated rings. The molecule has 3 rings (SSSR count). The van der Waals surface area contributed by atoms with Gasteiger partial charge >= 0.3 is 0 Å². The first-order valence-corrected chi connectivity index (χ1v) is 9.56. The van der Waals surface area contributed by atoms with E-state index in [0.717, 1.165) is 25.0 Å². The highest BCUT2D eigenvalue weighted by molar-refractivity contribution is 7.89. The molecular formula is C16H18FN3O4S. The molecule has 1 saturated heterocycles. The van der Waals surface area contributed by atoms with Crippen molar-refractivity contribution in [2.75, 3.05) is 25.4 Å². The number of fused-ring (bicyclic) bond motifs is 1. The van der Waals surface area contributed by atoms with E-state index in [-0.39, 0.29) is 23.4 Å². The van der Waals surface area contributed by atoms with Crippen LogP contribution in [-0.2, 0) is 10.0 Å². The highest BCUT2D eigenvalue weighted by atomic mass is 32.2. The second kappa shape index (κ2) is 6.93. The average Bonchev–Trinajstić information content (AvgIpc) is 3.08. The molecule has 9 heteroatoms. The Balaban J connectivity index is 1.73. The Kier molecular flexibility index (Phi) is 4.87. The van der Waals surface area contributed by atoms with Crippen LogP contribution >= 0.6 is 0 Å². The number of amides is 1. The van der Waals surface area contributed by atoms with Crippen molar-refractivity contribution in [2.24, 2.45) is 0 Å². The highest BCUT2D eigenvalue weighted by Crippen LogP contribution is 2.16. The van der Waals surface area contributed by atoms with Gasteiger partial charge in [-0.1, -0.05) is 0 Å². The van der Waals surface area contributed by atoms with Crippen LogP contribution in [0.25, 0.3) is 10.9 Å². The SMILES string of the molecule is O=C(NCCS(=O)(=O)N1CCCC1)c1cc(=O)[nH]c2cc(F)ccc12. The van der Waals surface area contributed by atoms with Crippen LogP contribution in [0.3, 0.4) is 0 Å². The largest absolute Gasteiger partial charge is 0.351 e. The Bertz CT molecular complexity index is 965. The van der Waals surface area contributed by atoms with Crippen LogP contribution in [0.2, 0.25) is 0 Å². The summed E-state index contributed by atoms with van der Waals surface area (Å²) in [5.74, 6) is -1.30. The van der Waals surface area contributed by atoms with Crippen LogP contribution in [0.5, 0.6) is 0 Å². The number of hydrogen-bond donors (Lipinski definition) is 2. The predicted octanol–water partition coefficient (Wildman–Crippen LogP) is 0.823. The number of carbonyl (C=O) groups is 1. The van der Waals surface area contributed by atoms with E-state index in [9.17, 15) is 22.4 Å². The fraction of sp³-hybridized carbons (Fsp3) is 0.375. The molecule has 7 nitrogen and oxygen atoms in total. The van der Waals surface area contributed by atoms with Gasteiger partial charge in [-0.25, -0.2) is 17.1 Å². The van der Waals surface area contributed by atoms with E-state index in [1.807, 2.05) is 0 Å². The van der Waals surface area contributed by atoms with Gasteiger partial charge in [0.25, 0.3) is 5.91 Å². The Hall–Kier alpha value is -2.26. The molecule has 0 aliphatic carbocycles. The lowest BCUT2D eigenvalue weighted by molar-refractivity contribution is 0.0957. The number of aromatic amines is 1. The highest BCUT2D eigenvalue weighted by Gasteiger charge is 2.25. The van der Waals surface area contributed by atoms with Gasteiger partial charge in [-0.3, -0.25) is 9.59 Å². The fourth-order valence-electron chi connectivity index (χ4n) is 2.90. The van der Waals surface area contributed by atoms with Gasteiger partial charge in [0.2, 0.25) is 15.6 Å². The number of carbonyl (C=O) groups excluding carboxylic acids is 1. The van der Waals surface area contributed by atoms with E-state index < -0.39 is 27.3 Å². The van der Waals surface area contributed by atoms with Crippen LogP contribution in [0.15, 0.2) is 29.1 Å². The number of H-pyrrole nitrogens is 1. The number of aromatic nitrogens is 1. The van der Waals surface area contributed by atoms with Gasteiger partial charge in [0.1, 0.15) is 5.82 Å². The first-order valence-electron chi connectivity index (χ1n) is 7.95. The summed E-state index contributed by atoms with van der Waals surface area (Å²) in [5, 5.41) is 2.91. The van der Waals surface area contributed by atoms with Crippen molar-refractivity contribution in [1.29, 1.82) is 0 Å². The van der Waals surface area contributed by atoms with E-state index in [0.29, 0.717) is 18.5 Å². The van der Waals surface area contributed by atoms with Gasteiger partial charge in [0, 0.05) is 31.1 Å². The van der Waals surface area contributed by atoms with Crippen molar-refractivity contribution in [3.63, 3.8) is 0 Å². The van der Waals surface area contributed by atoms with Crippen molar-refractivity contribution in [1.82, 2.24) is 14.6 Å². The van der Waals surface area contributed by atoms with Crippen LogP contribution in [-0.4, -0.2) is 49.0 Å². The van der Waals surface area contributed by atoms with Gasteiger partial charge in [-0.05, 0) is 31.0 Å². The molecule has 1 aliphatic rings. The number of benzene rings is 1. The van der Waals surface area contributed by atoms with E-state index in [1.54, 1.807) is 0 Å². The number of rotatable bonds is 5. The zero-order valence-corrected chi connectivity index (χ0v) is 14.2. The number of nitrogens with one attached hydrogen (secondary N) is 2. The minimum Gasteiger partial charge on any atom is -0.351 e. The zero-order chi connectivity index (χ0) is 18.0. The Morgan fingerprint density at radius 3 is 2.68 bits per heavy atom. The minimum absolute atomic E-state index is 0.0623. The summed E-state index contributed by atoms with van der Waals surface area (Å²) in [5.41, 5.74) is -0.243. The van der Waals surface area contributed by atoms with Crippen molar-refractivity contribution < 1.29 is 17.6 Å². The standard InChI is InChI=1S/C16H18FN3O4S/c17-11-3-4-12-13(10-15(21)19-14(12)9-11)16(22)18-5-8-25(23,24)20-6-1-2-7-20/h3-4,9-10H,1-2,5-8H2,(H,18,22)(H,19,21). The quantitative estimate of drug-likeness (QED) is 0.817. The first-order chi connectivity index (χ1) is 11.9. The van der Waals surface area contributed by atoms with Gasteiger partial charge in [0.05, 0.1) is 16.8 Å². The van der Waals surface area contributed by atoms with Crippen molar-refractivity contribution in [2.45, 2.75) is 12.8 Å². The molecule has 2 heterocycles. The van der Waals surface area contributed by atoms with E-state index in [1.165, 1.54) is 16.4 Å². The third-order valence-electron chi connectivity index (χ3n) is 4.15. The average molecular weight is 367 g/mol. The molecule has 2 aromatic rings. The maximum absolute atomic E-state index is 13.3. The molecule has 1 aromatic carbocycles. The molecule has 25 heavy (non-hydrogen) atoms. The Labute approximate surface area is 143 Å². The summed E-state index contributed by atoms with van der Waals surface area (Å²) in [4.78, 5) is 26.5. The third kappa shape index (κ3) is 3.88. The second-order valence-corrected chi connectivity index (χ2v) is 8.00. The summed E-state index contributed by atoms with van der Waals surface area (Å²) < 4.78 is 39.0. The lowest BCUT2D eigenvalue weighted by atomic mass is 10.1. The second-order valence-electron chi connectivity index (χ2n) is 5.92.